The van der Waals surface area contributed by atoms with Crippen molar-refractivity contribution >= 4 is 24.1 Å². The lowest BCUT2D eigenvalue weighted by Gasteiger charge is -1.91. The smallest absolute Gasteiger partial charge is 0.151 e. The zero-order valence-electron chi connectivity index (χ0n) is 11.2. The van der Waals surface area contributed by atoms with E-state index >= 15 is 0 Å². The second-order valence-electron chi connectivity index (χ2n) is 4.26. The fourth-order valence-corrected chi connectivity index (χ4v) is 1.71. The van der Waals surface area contributed by atoms with E-state index in [-0.39, 0.29) is 0 Å². The second-order valence-corrected chi connectivity index (χ2v) is 4.26. The zero-order valence-corrected chi connectivity index (χ0v) is 11.2. The average Bonchev–Trinajstić information content (AvgIpc) is 3.01. The van der Waals surface area contributed by atoms with Gasteiger partial charge in [-0.3, -0.25) is 0 Å². The molecule has 5 heteroatoms. The number of nitrogens with zero attached hydrogens (tertiary/aromatic N) is 4. The summed E-state index contributed by atoms with van der Waals surface area (Å²) in [4.78, 5) is 20.0. The zero-order chi connectivity index (χ0) is 14.3. The molecule has 0 spiro atoms. The Kier molecular flexibility index (Phi) is 3.93. The van der Waals surface area contributed by atoms with Crippen LogP contribution in [0.5, 0.6) is 0 Å². The van der Waals surface area contributed by atoms with Gasteiger partial charge in [-0.2, -0.15) is 0 Å². The largest absolute Gasteiger partial charge is 0.353 e. The molecule has 0 aromatic carbocycles. The fraction of sp³-hybridized carbons (Fsp3) is 0. The van der Waals surface area contributed by atoms with Gasteiger partial charge in [-0.1, -0.05) is 12.1 Å². The standard InChI is InChI=1S/C16H13N5/c1-3-9-17-15(5-1)19-11-13-7-8-14(21-13)12-20-16-6-2-4-10-18-16/h1-12,21H/b19-11+,20-12?. The highest BCUT2D eigenvalue weighted by atomic mass is 14.9. The summed E-state index contributed by atoms with van der Waals surface area (Å²) < 4.78 is 0. The molecular weight excluding hydrogens is 262 g/mol. The van der Waals surface area contributed by atoms with Gasteiger partial charge in [-0.05, 0) is 36.4 Å². The van der Waals surface area contributed by atoms with Gasteiger partial charge in [0.1, 0.15) is 0 Å². The van der Waals surface area contributed by atoms with Crippen molar-refractivity contribution in [3.8, 4) is 0 Å². The maximum absolute atomic E-state index is 4.28. The first-order chi connectivity index (χ1) is 10.4. The molecule has 0 bridgehead atoms. The Hall–Kier alpha value is -3.08. The molecule has 1 N–H and O–H groups in total. The Morgan fingerprint density at radius 1 is 0.714 bits per heavy atom. The first-order valence-electron chi connectivity index (χ1n) is 6.49. The Labute approximate surface area is 122 Å². The van der Waals surface area contributed by atoms with Crippen LogP contribution in [0.1, 0.15) is 11.4 Å². The van der Waals surface area contributed by atoms with Crippen molar-refractivity contribution in [3.63, 3.8) is 0 Å². The molecule has 3 aromatic heterocycles. The van der Waals surface area contributed by atoms with E-state index in [1.165, 1.54) is 0 Å². The summed E-state index contributed by atoms with van der Waals surface area (Å²) in [6.45, 7) is 0. The highest BCUT2D eigenvalue weighted by molar-refractivity contribution is 5.84. The summed E-state index contributed by atoms with van der Waals surface area (Å²) in [5, 5.41) is 0. The summed E-state index contributed by atoms with van der Waals surface area (Å²) >= 11 is 0. The van der Waals surface area contributed by atoms with Crippen LogP contribution in [0.2, 0.25) is 0 Å². The number of nitrogens with one attached hydrogen (secondary N) is 1. The van der Waals surface area contributed by atoms with Crippen molar-refractivity contribution in [2.75, 3.05) is 0 Å². The lowest BCUT2D eigenvalue weighted by Crippen LogP contribution is -1.84. The van der Waals surface area contributed by atoms with Gasteiger partial charge in [-0.25, -0.2) is 20.0 Å². The third-order valence-corrected chi connectivity index (χ3v) is 2.70. The van der Waals surface area contributed by atoms with E-state index in [4.69, 9.17) is 0 Å². The van der Waals surface area contributed by atoms with Gasteiger partial charge in [0.15, 0.2) is 11.6 Å². The number of aromatic nitrogens is 3. The summed E-state index contributed by atoms with van der Waals surface area (Å²) in [7, 11) is 0. The molecule has 0 saturated heterocycles. The van der Waals surface area contributed by atoms with Crippen LogP contribution in [0.15, 0.2) is 70.9 Å². The second kappa shape index (κ2) is 6.38. The summed E-state index contributed by atoms with van der Waals surface area (Å²) in [6, 6.07) is 15.1. The van der Waals surface area contributed by atoms with Crippen molar-refractivity contribution in [1.29, 1.82) is 0 Å². The maximum atomic E-state index is 4.28. The molecule has 0 saturated carbocycles. The highest BCUT2D eigenvalue weighted by Gasteiger charge is 1.94. The number of rotatable bonds is 4. The molecule has 3 aromatic rings. The SMILES string of the molecule is C(=Nc1ccccn1)c1ccc(/C=N/c2ccccn2)[nH]1. The van der Waals surface area contributed by atoms with Crippen molar-refractivity contribution in [3.05, 3.63) is 72.3 Å². The molecule has 0 atom stereocenters. The monoisotopic (exact) mass is 275 g/mol. The lowest BCUT2D eigenvalue weighted by atomic mass is 10.4. The normalized spacial score (nSPS) is 11.4. The van der Waals surface area contributed by atoms with Crippen LogP contribution in [-0.2, 0) is 0 Å². The average molecular weight is 275 g/mol. The predicted octanol–water partition coefficient (Wildman–Crippen LogP) is 3.31. The molecule has 102 valence electrons. The predicted molar refractivity (Wildman–Crippen MR) is 83.8 cm³/mol. The molecule has 3 rings (SSSR count). The van der Waals surface area contributed by atoms with Gasteiger partial charge in [-0.15, -0.1) is 0 Å². The fourth-order valence-electron chi connectivity index (χ4n) is 1.71. The molecule has 0 amide bonds. The quantitative estimate of drug-likeness (QED) is 0.742. The van der Waals surface area contributed by atoms with Crippen LogP contribution in [0.25, 0.3) is 0 Å². The van der Waals surface area contributed by atoms with E-state index in [9.17, 15) is 0 Å². The Morgan fingerprint density at radius 3 is 1.67 bits per heavy atom. The topological polar surface area (TPSA) is 66.3 Å². The summed E-state index contributed by atoms with van der Waals surface area (Å²) in [6.07, 6.45) is 6.90. The molecule has 0 aliphatic heterocycles. The Balaban J connectivity index is 1.69. The molecule has 0 aliphatic carbocycles. The van der Waals surface area contributed by atoms with Crippen LogP contribution in [0.3, 0.4) is 0 Å². The number of pyridine rings is 2. The van der Waals surface area contributed by atoms with E-state index in [1.807, 2.05) is 48.5 Å². The van der Waals surface area contributed by atoms with Crippen molar-refractivity contribution in [1.82, 2.24) is 15.0 Å². The van der Waals surface area contributed by atoms with Crippen molar-refractivity contribution in [2.45, 2.75) is 0 Å². The highest BCUT2D eigenvalue weighted by Crippen LogP contribution is 2.07. The molecule has 0 radical (unpaired) electrons. The van der Waals surface area contributed by atoms with Crippen molar-refractivity contribution < 1.29 is 0 Å². The first-order valence-corrected chi connectivity index (χ1v) is 6.49. The number of hydrogen-bond donors (Lipinski definition) is 1. The van der Waals surface area contributed by atoms with E-state index in [1.54, 1.807) is 24.8 Å². The van der Waals surface area contributed by atoms with Crippen molar-refractivity contribution in [2.24, 2.45) is 9.98 Å². The van der Waals surface area contributed by atoms with Crippen LogP contribution in [-0.4, -0.2) is 27.4 Å². The molecule has 5 nitrogen and oxygen atoms in total. The van der Waals surface area contributed by atoms with Crippen LogP contribution in [0, 0.1) is 0 Å². The summed E-state index contributed by atoms with van der Waals surface area (Å²) in [5.74, 6) is 1.35. The minimum atomic E-state index is 0.677. The van der Waals surface area contributed by atoms with Gasteiger partial charge in [0.05, 0.1) is 23.8 Å². The molecule has 0 fully saturated rings. The lowest BCUT2D eigenvalue weighted by molar-refractivity contribution is 1.26. The van der Waals surface area contributed by atoms with E-state index in [0.29, 0.717) is 11.6 Å². The first kappa shape index (κ1) is 12.9. The number of hydrogen-bond acceptors (Lipinski definition) is 4. The van der Waals surface area contributed by atoms with Gasteiger partial charge < -0.3 is 4.98 Å². The maximum Gasteiger partial charge on any atom is 0.151 e. The van der Waals surface area contributed by atoms with Crippen LogP contribution in [0.4, 0.5) is 11.6 Å². The van der Waals surface area contributed by atoms with Crippen LogP contribution >= 0.6 is 0 Å². The van der Waals surface area contributed by atoms with Gasteiger partial charge in [0.2, 0.25) is 0 Å². The van der Waals surface area contributed by atoms with Crippen LogP contribution < -0.4 is 0 Å². The summed E-state index contributed by atoms with van der Waals surface area (Å²) in [5.41, 5.74) is 1.78. The van der Waals surface area contributed by atoms with E-state index in [2.05, 4.69) is 24.9 Å². The number of aliphatic imine (C=N–C) groups is 2. The third-order valence-electron chi connectivity index (χ3n) is 2.70. The minimum absolute atomic E-state index is 0.677. The minimum Gasteiger partial charge on any atom is -0.353 e. The Morgan fingerprint density at radius 2 is 1.24 bits per heavy atom. The molecule has 0 aliphatic rings. The molecule has 3 heterocycles. The molecule has 0 unspecified atom stereocenters. The van der Waals surface area contributed by atoms with E-state index < -0.39 is 0 Å². The molecule has 21 heavy (non-hydrogen) atoms. The van der Waals surface area contributed by atoms with E-state index in [0.717, 1.165) is 11.4 Å². The third kappa shape index (κ3) is 3.70. The van der Waals surface area contributed by atoms with Gasteiger partial charge in [0, 0.05) is 12.4 Å². The van der Waals surface area contributed by atoms with Gasteiger partial charge in [0.25, 0.3) is 0 Å². The number of aromatic amines is 1. The van der Waals surface area contributed by atoms with Gasteiger partial charge >= 0.3 is 0 Å². The Bertz CT molecular complexity index is 681. The number of H-pyrrole nitrogens is 1. The molecular formula is C16H13N5.